The lowest BCUT2D eigenvalue weighted by molar-refractivity contribution is -0.141. The minimum absolute atomic E-state index is 0.0183. The van der Waals surface area contributed by atoms with E-state index in [1.807, 2.05) is 24.3 Å². The lowest BCUT2D eigenvalue weighted by Crippen LogP contribution is -2.57. The van der Waals surface area contributed by atoms with Crippen LogP contribution < -0.4 is 16.4 Å². The summed E-state index contributed by atoms with van der Waals surface area (Å²) in [6.07, 6.45) is 5.58. The molecule has 0 unspecified atom stereocenters. The summed E-state index contributed by atoms with van der Waals surface area (Å²) in [4.78, 5) is 69.3. The first-order valence-electron chi connectivity index (χ1n) is 15.6. The molecule has 0 aromatic heterocycles. The molecular formula is C32H42ClN5O7. The molecule has 1 saturated heterocycles. The molecule has 3 aliphatic heterocycles. The lowest BCUT2D eigenvalue weighted by atomic mass is 10.0. The van der Waals surface area contributed by atoms with E-state index in [9.17, 15) is 24.0 Å². The van der Waals surface area contributed by atoms with E-state index in [1.54, 1.807) is 26.8 Å². The molecule has 5 atom stereocenters. The van der Waals surface area contributed by atoms with Crippen molar-refractivity contribution >= 4 is 41.5 Å². The van der Waals surface area contributed by atoms with Crippen molar-refractivity contribution in [2.45, 2.75) is 108 Å². The average molecular weight is 644 g/mol. The summed E-state index contributed by atoms with van der Waals surface area (Å²) < 4.78 is 11.3. The van der Waals surface area contributed by atoms with Gasteiger partial charge in [0.15, 0.2) is 0 Å². The van der Waals surface area contributed by atoms with Gasteiger partial charge in [-0.2, -0.15) is 0 Å². The maximum Gasteiger partial charge on any atom is 0.410 e. The number of hydrogen-bond acceptors (Lipinski definition) is 7. The Kier molecular flexibility index (Phi) is 9.34. The van der Waals surface area contributed by atoms with Crippen molar-refractivity contribution in [3.63, 3.8) is 0 Å². The smallest absolute Gasteiger partial charge is 0.410 e. The fraction of sp³-hybridized carbons (Fsp3) is 0.594. The summed E-state index contributed by atoms with van der Waals surface area (Å²) in [5, 5.41) is 6.11. The maximum absolute atomic E-state index is 14.1. The molecule has 4 aliphatic rings. The van der Waals surface area contributed by atoms with E-state index in [2.05, 4.69) is 10.6 Å². The maximum atomic E-state index is 14.1. The number of nitrogens with zero attached hydrogens (tertiary/aromatic N) is 2. The standard InChI is InChI=1S/C32H42ClN5O7/c1-31(2,3)45-29(42)35-24-10-8-6-4-5-7-9-21-15-32(21,28(34)41)36-26(39)25-14-23(18-38(25)27(24)40)44-30(43)37-16-19-11-12-22(33)13-20(19)17-37/h7,9,11-13,21,23-25H,4-6,8,10,14-18H2,1-3H3,(H2,34,41)(H,35,42)(H,36,39)/b9-7-/t21-,23-,24+,25+,32-/m1/s1. The zero-order valence-electron chi connectivity index (χ0n) is 26.0. The zero-order chi connectivity index (χ0) is 32.5. The number of amides is 5. The Balaban J connectivity index is 1.36. The molecule has 4 N–H and O–H groups in total. The SMILES string of the molecule is CC(C)(C)OC(=O)N[C@H]1CCCCC/C=C\[C@@H]2C[C@@]2(C(N)=O)NC(=O)[C@@H]2C[C@@H](OC(=O)N3Cc4ccc(Cl)cc4C3)CN2C1=O. The predicted molar refractivity (Wildman–Crippen MR) is 165 cm³/mol. The Morgan fingerprint density at radius 3 is 2.60 bits per heavy atom. The number of fused-ring (bicyclic) bond motifs is 3. The van der Waals surface area contributed by atoms with Gasteiger partial charge in [-0.15, -0.1) is 0 Å². The van der Waals surface area contributed by atoms with E-state index in [0.717, 1.165) is 30.4 Å². The minimum Gasteiger partial charge on any atom is -0.444 e. The summed E-state index contributed by atoms with van der Waals surface area (Å²) in [5.74, 6) is -1.94. The molecule has 1 aromatic carbocycles. The number of hydrogen-bond donors (Lipinski definition) is 3. The number of rotatable bonds is 3. The quantitative estimate of drug-likeness (QED) is 0.425. The second-order valence-corrected chi connectivity index (χ2v) is 13.9. The van der Waals surface area contributed by atoms with Crippen LogP contribution in [0.3, 0.4) is 0 Å². The lowest BCUT2D eigenvalue weighted by Gasteiger charge is -2.30. The molecule has 0 radical (unpaired) electrons. The van der Waals surface area contributed by atoms with Crippen LogP contribution in [-0.4, -0.2) is 75.6 Å². The van der Waals surface area contributed by atoms with Crippen molar-refractivity contribution in [3.05, 3.63) is 46.5 Å². The van der Waals surface area contributed by atoms with Crippen LogP contribution in [-0.2, 0) is 36.9 Å². The summed E-state index contributed by atoms with van der Waals surface area (Å²) >= 11 is 6.12. The number of primary amides is 1. The third-order valence-corrected chi connectivity index (χ3v) is 9.02. The van der Waals surface area contributed by atoms with E-state index in [4.69, 9.17) is 26.8 Å². The molecule has 5 amide bonds. The van der Waals surface area contributed by atoms with Crippen LogP contribution in [0.4, 0.5) is 9.59 Å². The van der Waals surface area contributed by atoms with Crippen LogP contribution in [0.1, 0.15) is 76.8 Å². The third-order valence-electron chi connectivity index (χ3n) is 8.79. The molecule has 3 heterocycles. The first-order valence-corrected chi connectivity index (χ1v) is 15.9. The van der Waals surface area contributed by atoms with Crippen LogP contribution in [0.2, 0.25) is 5.02 Å². The molecule has 1 aromatic rings. The highest BCUT2D eigenvalue weighted by Crippen LogP contribution is 2.45. The number of ether oxygens (including phenoxy) is 2. The van der Waals surface area contributed by atoms with E-state index >= 15 is 0 Å². The van der Waals surface area contributed by atoms with E-state index < -0.39 is 59.2 Å². The average Bonchev–Trinajstić information content (AvgIpc) is 3.26. The summed E-state index contributed by atoms with van der Waals surface area (Å²) in [7, 11) is 0. The van der Waals surface area contributed by atoms with Crippen LogP contribution in [0.25, 0.3) is 0 Å². The van der Waals surface area contributed by atoms with Gasteiger partial charge < -0.3 is 30.7 Å². The normalized spacial score (nSPS) is 29.2. The first kappa shape index (κ1) is 32.6. The van der Waals surface area contributed by atoms with Gasteiger partial charge in [-0.1, -0.05) is 42.7 Å². The largest absolute Gasteiger partial charge is 0.444 e. The van der Waals surface area contributed by atoms with Crippen molar-refractivity contribution in [2.75, 3.05) is 6.54 Å². The third kappa shape index (κ3) is 7.54. The van der Waals surface area contributed by atoms with Gasteiger partial charge in [-0.3, -0.25) is 19.3 Å². The Hall–Kier alpha value is -3.80. The Bertz CT molecular complexity index is 1390. The summed E-state index contributed by atoms with van der Waals surface area (Å²) in [5.41, 5.74) is 5.62. The molecule has 45 heavy (non-hydrogen) atoms. The Labute approximate surface area is 268 Å². The molecule has 12 nitrogen and oxygen atoms in total. The zero-order valence-corrected chi connectivity index (χ0v) is 26.7. The van der Waals surface area contributed by atoms with Gasteiger partial charge in [0, 0.05) is 30.5 Å². The van der Waals surface area contributed by atoms with Crippen molar-refractivity contribution < 1.29 is 33.4 Å². The number of allylic oxidation sites excluding steroid dienone is 1. The summed E-state index contributed by atoms with van der Waals surface area (Å²) in [6.45, 7) is 5.80. The van der Waals surface area contributed by atoms with Crippen molar-refractivity contribution in [2.24, 2.45) is 11.7 Å². The highest BCUT2D eigenvalue weighted by Gasteiger charge is 2.60. The highest BCUT2D eigenvalue weighted by molar-refractivity contribution is 6.30. The molecule has 1 saturated carbocycles. The van der Waals surface area contributed by atoms with Gasteiger partial charge in [0.05, 0.1) is 6.54 Å². The number of carbonyl (C=O) groups excluding carboxylic acids is 5. The van der Waals surface area contributed by atoms with Crippen molar-refractivity contribution in [1.29, 1.82) is 0 Å². The van der Waals surface area contributed by atoms with Crippen LogP contribution in [0, 0.1) is 5.92 Å². The molecule has 5 rings (SSSR count). The Morgan fingerprint density at radius 2 is 1.87 bits per heavy atom. The topological polar surface area (TPSA) is 160 Å². The number of carbonyl (C=O) groups is 5. The predicted octanol–water partition coefficient (Wildman–Crippen LogP) is 3.54. The number of nitrogens with two attached hydrogens (primary N) is 1. The van der Waals surface area contributed by atoms with E-state index in [1.165, 1.54) is 9.80 Å². The monoisotopic (exact) mass is 643 g/mol. The van der Waals surface area contributed by atoms with Crippen LogP contribution in [0.5, 0.6) is 0 Å². The second kappa shape index (κ2) is 12.9. The number of alkyl carbamates (subject to hydrolysis) is 1. The van der Waals surface area contributed by atoms with Gasteiger partial charge >= 0.3 is 12.2 Å². The fourth-order valence-electron chi connectivity index (χ4n) is 6.35. The molecule has 2 fully saturated rings. The number of halogens is 1. The van der Waals surface area contributed by atoms with Crippen LogP contribution in [0.15, 0.2) is 30.4 Å². The molecule has 244 valence electrons. The molecule has 1 aliphatic carbocycles. The first-order chi connectivity index (χ1) is 21.3. The fourth-order valence-corrected chi connectivity index (χ4v) is 6.55. The summed E-state index contributed by atoms with van der Waals surface area (Å²) in [6, 6.07) is 3.42. The van der Waals surface area contributed by atoms with E-state index in [-0.39, 0.29) is 18.9 Å². The molecule has 13 heteroatoms. The molecule has 0 spiro atoms. The van der Waals surface area contributed by atoms with Crippen LogP contribution >= 0.6 is 11.6 Å². The van der Waals surface area contributed by atoms with Crippen molar-refractivity contribution in [1.82, 2.24) is 20.4 Å². The minimum atomic E-state index is -1.24. The second-order valence-electron chi connectivity index (χ2n) is 13.4. The van der Waals surface area contributed by atoms with Gasteiger partial charge in [0.25, 0.3) is 0 Å². The van der Waals surface area contributed by atoms with E-state index in [0.29, 0.717) is 37.4 Å². The molecule has 0 bridgehead atoms. The number of nitrogens with one attached hydrogen (secondary N) is 2. The van der Waals surface area contributed by atoms with Gasteiger partial charge in [0.2, 0.25) is 17.7 Å². The highest BCUT2D eigenvalue weighted by atomic mass is 35.5. The van der Waals surface area contributed by atoms with Gasteiger partial charge in [-0.25, -0.2) is 9.59 Å². The molecular weight excluding hydrogens is 602 g/mol. The van der Waals surface area contributed by atoms with Gasteiger partial charge in [-0.05, 0) is 69.7 Å². The Morgan fingerprint density at radius 1 is 1.11 bits per heavy atom. The van der Waals surface area contributed by atoms with Crippen molar-refractivity contribution in [3.8, 4) is 0 Å². The van der Waals surface area contributed by atoms with Gasteiger partial charge in [0.1, 0.15) is 29.3 Å². The number of benzene rings is 1.